The summed E-state index contributed by atoms with van der Waals surface area (Å²) in [6.07, 6.45) is 0. The minimum absolute atomic E-state index is 0.0321. The van der Waals surface area contributed by atoms with E-state index in [1.807, 2.05) is 45.0 Å². The van der Waals surface area contributed by atoms with Crippen LogP contribution >= 0.6 is 0 Å². The van der Waals surface area contributed by atoms with E-state index in [1.54, 1.807) is 25.1 Å². The largest absolute Gasteiger partial charge is 0.507 e. The molecule has 2 N–H and O–H groups in total. The Labute approximate surface area is 188 Å². The minimum Gasteiger partial charge on any atom is -0.507 e. The van der Waals surface area contributed by atoms with Crippen molar-refractivity contribution in [2.24, 2.45) is 0 Å². The van der Waals surface area contributed by atoms with Crippen LogP contribution in [0.25, 0.3) is 5.76 Å². The Balaban J connectivity index is 2.22. The van der Waals surface area contributed by atoms with Gasteiger partial charge in [0.25, 0.3) is 11.7 Å². The fraction of sp³-hybridized carbons (Fsp3) is 0.360. The van der Waals surface area contributed by atoms with E-state index >= 15 is 0 Å². The highest BCUT2D eigenvalue weighted by Crippen LogP contribution is 2.42. The van der Waals surface area contributed by atoms with E-state index in [2.05, 4.69) is 0 Å². The molecule has 0 spiro atoms. The second-order valence-corrected chi connectivity index (χ2v) is 8.27. The maximum Gasteiger partial charge on any atom is 0.295 e. The number of hydrogen-bond acceptors (Lipinski definition) is 6. The number of rotatable bonds is 7. The van der Waals surface area contributed by atoms with Crippen LogP contribution in [0, 0.1) is 13.8 Å². The number of aliphatic hydroxyl groups excluding tert-OH is 1. The zero-order valence-electron chi connectivity index (χ0n) is 19.2. The number of aromatic hydroxyl groups is 1. The molecule has 0 radical (unpaired) electrons. The number of ketones is 1. The lowest BCUT2D eigenvalue weighted by Crippen LogP contribution is -2.35. The molecule has 7 nitrogen and oxygen atoms in total. The number of Topliss-reactive ketones (excluding diaryl/α,β-unsaturated/α-hetero) is 1. The maximum atomic E-state index is 13.1. The van der Waals surface area contributed by atoms with Gasteiger partial charge in [-0.3, -0.25) is 9.59 Å². The van der Waals surface area contributed by atoms with E-state index in [1.165, 1.54) is 11.0 Å². The zero-order chi connectivity index (χ0) is 23.6. The highest BCUT2D eigenvalue weighted by atomic mass is 16.5. The van der Waals surface area contributed by atoms with Gasteiger partial charge in [0.1, 0.15) is 5.76 Å². The molecule has 3 rings (SSSR count). The maximum absolute atomic E-state index is 13.1. The highest BCUT2D eigenvalue weighted by Gasteiger charge is 2.46. The van der Waals surface area contributed by atoms with Gasteiger partial charge >= 0.3 is 0 Å². The Kier molecular flexibility index (Phi) is 6.89. The molecule has 2 aromatic rings. The highest BCUT2D eigenvalue weighted by molar-refractivity contribution is 6.46. The lowest BCUT2D eigenvalue weighted by atomic mass is 9.93. The number of aryl methyl sites for hydroxylation is 2. The summed E-state index contributed by atoms with van der Waals surface area (Å²) in [6.45, 7) is 6.74. The Morgan fingerprint density at radius 3 is 2.50 bits per heavy atom. The summed E-state index contributed by atoms with van der Waals surface area (Å²) in [5.74, 6) is -1.36. The molecule has 0 aliphatic carbocycles. The summed E-state index contributed by atoms with van der Waals surface area (Å²) >= 11 is 0. The number of likely N-dealkylation sites (tertiary alicyclic amines) is 1. The van der Waals surface area contributed by atoms with Crippen LogP contribution in [0.3, 0.4) is 0 Å². The molecule has 1 amide bonds. The first-order chi connectivity index (χ1) is 15.1. The SMILES string of the molecule is CCOc1cc(C2/C(=C(/O)c3cc(C)ccc3C)C(=O)C(=O)N2CCN(C)C)ccc1O. The van der Waals surface area contributed by atoms with Gasteiger partial charge in [0, 0.05) is 18.7 Å². The Hall–Kier alpha value is -3.32. The standard InChI is InChI=1S/C25H30N2O5/c1-6-32-20-14-17(9-10-19(20)28)22-21(23(29)18-13-15(2)7-8-16(18)3)24(30)25(31)27(22)12-11-26(4)5/h7-10,13-14,22,28-29H,6,11-12H2,1-5H3/b23-21-. The number of phenols is 1. The summed E-state index contributed by atoms with van der Waals surface area (Å²) in [5.41, 5.74) is 2.86. The third kappa shape index (κ3) is 4.48. The van der Waals surface area contributed by atoms with Gasteiger partial charge < -0.3 is 24.7 Å². The molecule has 170 valence electrons. The van der Waals surface area contributed by atoms with Crippen molar-refractivity contribution in [2.75, 3.05) is 33.8 Å². The molecule has 1 unspecified atom stereocenters. The number of nitrogens with zero attached hydrogens (tertiary/aromatic N) is 2. The number of hydrogen-bond donors (Lipinski definition) is 2. The summed E-state index contributed by atoms with van der Waals surface area (Å²) < 4.78 is 5.51. The molecule has 1 atom stereocenters. The van der Waals surface area contributed by atoms with Crippen molar-refractivity contribution in [3.05, 3.63) is 64.2 Å². The third-order valence-electron chi connectivity index (χ3n) is 5.58. The van der Waals surface area contributed by atoms with Crippen molar-refractivity contribution in [2.45, 2.75) is 26.8 Å². The first kappa shape index (κ1) is 23.3. The Morgan fingerprint density at radius 1 is 1.12 bits per heavy atom. The summed E-state index contributed by atoms with van der Waals surface area (Å²) in [4.78, 5) is 29.5. The van der Waals surface area contributed by atoms with E-state index in [0.29, 0.717) is 30.8 Å². The van der Waals surface area contributed by atoms with E-state index in [0.717, 1.165) is 11.1 Å². The third-order valence-corrected chi connectivity index (χ3v) is 5.58. The molecule has 1 heterocycles. The molecule has 0 saturated carbocycles. The van der Waals surface area contributed by atoms with E-state index in [4.69, 9.17) is 4.74 Å². The Bertz CT molecular complexity index is 1070. The molecule has 1 aliphatic heterocycles. The van der Waals surface area contributed by atoms with Gasteiger partial charge in [0.15, 0.2) is 11.5 Å². The van der Waals surface area contributed by atoms with Crippen molar-refractivity contribution < 1.29 is 24.5 Å². The normalized spacial score (nSPS) is 17.9. The number of carbonyl (C=O) groups excluding carboxylic acids is 2. The number of ether oxygens (including phenoxy) is 1. The summed E-state index contributed by atoms with van der Waals surface area (Å²) in [7, 11) is 3.77. The molecular formula is C25H30N2O5. The molecule has 7 heteroatoms. The number of likely N-dealkylation sites (N-methyl/N-ethyl adjacent to an activating group) is 1. The van der Waals surface area contributed by atoms with E-state index in [-0.39, 0.29) is 22.8 Å². The van der Waals surface area contributed by atoms with Crippen LogP contribution < -0.4 is 4.74 Å². The molecule has 0 bridgehead atoms. The van der Waals surface area contributed by atoms with Crippen LogP contribution in [0.4, 0.5) is 0 Å². The van der Waals surface area contributed by atoms with Gasteiger partial charge in [-0.1, -0.05) is 23.8 Å². The van der Waals surface area contributed by atoms with Gasteiger partial charge in [-0.2, -0.15) is 0 Å². The quantitative estimate of drug-likeness (QED) is 0.391. The van der Waals surface area contributed by atoms with Crippen LogP contribution in [0.2, 0.25) is 0 Å². The van der Waals surface area contributed by atoms with Crippen molar-refractivity contribution in [3.8, 4) is 11.5 Å². The fourth-order valence-electron chi connectivity index (χ4n) is 3.87. The summed E-state index contributed by atoms with van der Waals surface area (Å²) in [6, 6.07) is 9.54. The minimum atomic E-state index is -0.797. The van der Waals surface area contributed by atoms with Crippen LogP contribution in [0.5, 0.6) is 11.5 Å². The topological polar surface area (TPSA) is 90.3 Å². The molecule has 2 aromatic carbocycles. The van der Waals surface area contributed by atoms with E-state index in [9.17, 15) is 19.8 Å². The van der Waals surface area contributed by atoms with Crippen LogP contribution in [-0.2, 0) is 9.59 Å². The first-order valence-electron chi connectivity index (χ1n) is 10.6. The predicted octanol–water partition coefficient (Wildman–Crippen LogP) is 3.39. The number of amides is 1. The second kappa shape index (κ2) is 9.44. The van der Waals surface area contributed by atoms with E-state index < -0.39 is 17.7 Å². The molecular weight excluding hydrogens is 408 g/mol. The van der Waals surface area contributed by atoms with Crippen LogP contribution in [-0.4, -0.2) is 65.5 Å². The molecule has 1 saturated heterocycles. The average Bonchev–Trinajstić information content (AvgIpc) is 3.00. The molecule has 32 heavy (non-hydrogen) atoms. The average molecular weight is 439 g/mol. The summed E-state index contributed by atoms with van der Waals surface area (Å²) in [5, 5.41) is 21.4. The van der Waals surface area contributed by atoms with Gasteiger partial charge in [0.2, 0.25) is 0 Å². The van der Waals surface area contributed by atoms with Gasteiger partial charge in [-0.05, 0) is 64.2 Å². The monoisotopic (exact) mass is 438 g/mol. The van der Waals surface area contributed by atoms with Gasteiger partial charge in [0.05, 0.1) is 18.2 Å². The number of phenolic OH excluding ortho intramolecular Hbond substituents is 1. The van der Waals surface area contributed by atoms with Gasteiger partial charge in [-0.25, -0.2) is 0 Å². The van der Waals surface area contributed by atoms with Crippen LogP contribution in [0.15, 0.2) is 42.0 Å². The lowest BCUT2D eigenvalue weighted by Gasteiger charge is -2.27. The van der Waals surface area contributed by atoms with Crippen molar-refractivity contribution in [3.63, 3.8) is 0 Å². The first-order valence-corrected chi connectivity index (χ1v) is 10.6. The molecule has 1 aliphatic rings. The fourth-order valence-corrected chi connectivity index (χ4v) is 3.87. The van der Waals surface area contributed by atoms with Crippen LogP contribution in [0.1, 0.15) is 35.2 Å². The molecule has 1 fully saturated rings. The molecule has 0 aromatic heterocycles. The van der Waals surface area contributed by atoms with Crippen molar-refractivity contribution >= 4 is 17.4 Å². The Morgan fingerprint density at radius 2 is 1.84 bits per heavy atom. The number of benzene rings is 2. The number of carbonyl (C=O) groups is 2. The smallest absolute Gasteiger partial charge is 0.295 e. The number of aliphatic hydroxyl groups is 1. The zero-order valence-corrected chi connectivity index (χ0v) is 19.2. The second-order valence-electron chi connectivity index (χ2n) is 8.27. The predicted molar refractivity (Wildman–Crippen MR) is 123 cm³/mol. The van der Waals surface area contributed by atoms with Gasteiger partial charge in [-0.15, -0.1) is 0 Å². The van der Waals surface area contributed by atoms with Crippen molar-refractivity contribution in [1.82, 2.24) is 9.80 Å². The van der Waals surface area contributed by atoms with Crippen molar-refractivity contribution in [1.29, 1.82) is 0 Å². The lowest BCUT2D eigenvalue weighted by molar-refractivity contribution is -0.140.